The van der Waals surface area contributed by atoms with Crippen LogP contribution in [0.2, 0.25) is 0 Å². The zero-order valence-electron chi connectivity index (χ0n) is 32.0. The molecule has 0 aliphatic carbocycles. The van der Waals surface area contributed by atoms with Gasteiger partial charge in [-0.2, -0.15) is 0 Å². The van der Waals surface area contributed by atoms with Gasteiger partial charge in [-0.1, -0.05) is 158 Å². The summed E-state index contributed by atoms with van der Waals surface area (Å²) in [6.45, 7) is 0. The minimum Gasteiger partial charge on any atom is -0.310 e. The Morgan fingerprint density at radius 3 is 1.19 bits per heavy atom. The molecular formula is C56H40N2. The molecule has 0 amide bonds. The summed E-state index contributed by atoms with van der Waals surface area (Å²) in [4.78, 5) is 4.69. The molecule has 10 aromatic rings. The molecule has 2 nitrogen and oxygen atoms in total. The molecule has 0 aliphatic heterocycles. The molecule has 0 atom stereocenters. The predicted octanol–water partition coefficient (Wildman–Crippen LogP) is 15.9. The van der Waals surface area contributed by atoms with E-state index in [1.807, 2.05) is 0 Å². The van der Waals surface area contributed by atoms with Crippen LogP contribution in [0.1, 0.15) is 0 Å². The van der Waals surface area contributed by atoms with Crippen molar-refractivity contribution in [1.82, 2.24) is 0 Å². The zero-order valence-corrected chi connectivity index (χ0v) is 32.0. The first-order chi connectivity index (χ1) is 28.7. The van der Waals surface area contributed by atoms with Crippen LogP contribution in [0, 0.1) is 0 Å². The van der Waals surface area contributed by atoms with E-state index in [2.05, 4.69) is 252 Å². The highest BCUT2D eigenvalue weighted by Crippen LogP contribution is 2.43. The van der Waals surface area contributed by atoms with Gasteiger partial charge in [0.2, 0.25) is 0 Å². The average Bonchev–Trinajstić information content (AvgIpc) is 3.30. The molecule has 0 saturated heterocycles. The summed E-state index contributed by atoms with van der Waals surface area (Å²) >= 11 is 0. The van der Waals surface area contributed by atoms with E-state index >= 15 is 0 Å². The lowest BCUT2D eigenvalue weighted by Crippen LogP contribution is -2.13. The molecule has 0 heterocycles. The summed E-state index contributed by atoms with van der Waals surface area (Å²) in [5.74, 6) is 0. The van der Waals surface area contributed by atoms with Crippen LogP contribution in [-0.4, -0.2) is 0 Å². The Bertz CT molecular complexity index is 2950. The molecule has 10 aromatic carbocycles. The van der Waals surface area contributed by atoms with Gasteiger partial charge in [-0.05, 0) is 140 Å². The summed E-state index contributed by atoms with van der Waals surface area (Å²) < 4.78 is 0. The lowest BCUT2D eigenvalue weighted by atomic mass is 9.90. The van der Waals surface area contributed by atoms with Crippen molar-refractivity contribution in [3.05, 3.63) is 243 Å². The molecule has 0 bridgehead atoms. The quantitative estimate of drug-likeness (QED) is 0.145. The van der Waals surface area contributed by atoms with Crippen molar-refractivity contribution in [2.75, 3.05) is 9.80 Å². The van der Waals surface area contributed by atoms with E-state index in [1.54, 1.807) is 0 Å². The van der Waals surface area contributed by atoms with Gasteiger partial charge in [0.05, 0.1) is 0 Å². The second kappa shape index (κ2) is 15.5. The van der Waals surface area contributed by atoms with E-state index in [1.165, 1.54) is 54.9 Å². The number of hydrogen-bond donors (Lipinski definition) is 0. The normalized spacial score (nSPS) is 11.1. The zero-order chi connectivity index (χ0) is 38.7. The van der Waals surface area contributed by atoms with Gasteiger partial charge in [0.15, 0.2) is 0 Å². The molecule has 2 heteroatoms. The highest BCUT2D eigenvalue weighted by Gasteiger charge is 2.19. The predicted molar refractivity (Wildman–Crippen MR) is 247 cm³/mol. The molecule has 0 N–H and O–H groups in total. The fourth-order valence-corrected chi connectivity index (χ4v) is 8.14. The number of para-hydroxylation sites is 2. The Hall–Kier alpha value is -7.68. The molecule has 0 saturated carbocycles. The monoisotopic (exact) mass is 740 g/mol. The van der Waals surface area contributed by atoms with Gasteiger partial charge in [0.1, 0.15) is 0 Å². The van der Waals surface area contributed by atoms with Crippen LogP contribution in [0.25, 0.3) is 54.9 Å². The fourth-order valence-electron chi connectivity index (χ4n) is 8.14. The summed E-state index contributed by atoms with van der Waals surface area (Å²) in [7, 11) is 0. The first-order valence-electron chi connectivity index (χ1n) is 19.8. The standard InChI is InChI=1S/C56H40N2/c1-4-16-41(17-5-1)45-22-14-27-52(37-45)58(54-29-15-28-53(40-54)57(49-23-6-2-7-24-49)50-25-8-3-9-26-50)51-34-32-43(33-35-51)55-38-46-20-12-13-21-47(46)39-56(55)48-31-30-42-18-10-11-19-44(42)36-48/h1-40H. The second-order valence-electron chi connectivity index (χ2n) is 14.6. The summed E-state index contributed by atoms with van der Waals surface area (Å²) in [5.41, 5.74) is 13.7. The van der Waals surface area contributed by atoms with Gasteiger partial charge >= 0.3 is 0 Å². The molecular weight excluding hydrogens is 701 g/mol. The van der Waals surface area contributed by atoms with E-state index in [0.29, 0.717) is 0 Å². The van der Waals surface area contributed by atoms with Crippen LogP contribution in [0.3, 0.4) is 0 Å². The van der Waals surface area contributed by atoms with E-state index in [0.717, 1.165) is 34.1 Å². The topological polar surface area (TPSA) is 6.48 Å². The third-order valence-corrected chi connectivity index (χ3v) is 11.0. The smallest absolute Gasteiger partial charge is 0.0482 e. The van der Waals surface area contributed by atoms with Crippen molar-refractivity contribution in [2.45, 2.75) is 0 Å². The lowest BCUT2D eigenvalue weighted by molar-refractivity contribution is 1.25. The van der Waals surface area contributed by atoms with Crippen molar-refractivity contribution in [2.24, 2.45) is 0 Å². The molecule has 0 spiro atoms. The molecule has 58 heavy (non-hydrogen) atoms. The minimum atomic E-state index is 1.06. The molecule has 10 rings (SSSR count). The van der Waals surface area contributed by atoms with Gasteiger partial charge < -0.3 is 9.80 Å². The Kier molecular flexibility index (Phi) is 9.27. The Morgan fingerprint density at radius 1 is 0.190 bits per heavy atom. The molecule has 0 fully saturated rings. The van der Waals surface area contributed by atoms with Gasteiger partial charge in [-0.25, -0.2) is 0 Å². The van der Waals surface area contributed by atoms with Crippen LogP contribution < -0.4 is 9.80 Å². The van der Waals surface area contributed by atoms with E-state index in [4.69, 9.17) is 0 Å². The van der Waals surface area contributed by atoms with Gasteiger partial charge in [-0.15, -0.1) is 0 Å². The lowest BCUT2D eigenvalue weighted by Gasteiger charge is -2.29. The minimum absolute atomic E-state index is 1.06. The largest absolute Gasteiger partial charge is 0.310 e. The van der Waals surface area contributed by atoms with Crippen molar-refractivity contribution in [3.63, 3.8) is 0 Å². The van der Waals surface area contributed by atoms with Crippen LogP contribution >= 0.6 is 0 Å². The maximum Gasteiger partial charge on any atom is 0.0482 e. The molecule has 0 unspecified atom stereocenters. The van der Waals surface area contributed by atoms with Crippen molar-refractivity contribution in [3.8, 4) is 33.4 Å². The van der Waals surface area contributed by atoms with Gasteiger partial charge in [0, 0.05) is 34.1 Å². The number of benzene rings is 10. The number of rotatable bonds is 9. The molecule has 0 radical (unpaired) electrons. The average molecular weight is 741 g/mol. The van der Waals surface area contributed by atoms with Crippen LogP contribution in [0.5, 0.6) is 0 Å². The molecule has 0 aromatic heterocycles. The first-order valence-corrected chi connectivity index (χ1v) is 19.8. The Morgan fingerprint density at radius 2 is 0.586 bits per heavy atom. The maximum absolute atomic E-state index is 2.37. The van der Waals surface area contributed by atoms with E-state index < -0.39 is 0 Å². The van der Waals surface area contributed by atoms with Crippen LogP contribution in [0.4, 0.5) is 34.1 Å². The van der Waals surface area contributed by atoms with Crippen molar-refractivity contribution < 1.29 is 0 Å². The third kappa shape index (κ3) is 6.89. The van der Waals surface area contributed by atoms with Gasteiger partial charge in [0.25, 0.3) is 0 Å². The number of anilines is 6. The second-order valence-corrected chi connectivity index (χ2v) is 14.6. The first kappa shape index (κ1) is 34.8. The number of fused-ring (bicyclic) bond motifs is 2. The summed E-state index contributed by atoms with van der Waals surface area (Å²) in [6, 6.07) is 87.4. The van der Waals surface area contributed by atoms with E-state index in [9.17, 15) is 0 Å². The Balaban J connectivity index is 1.11. The highest BCUT2D eigenvalue weighted by atomic mass is 15.2. The SMILES string of the molecule is c1ccc(-c2cccc(N(c3ccc(-c4cc5ccccc5cc4-c4ccc5ccccc5c4)cc3)c3cccc(N(c4ccccc4)c4ccccc4)c3)c2)cc1. The molecule has 0 aliphatic rings. The summed E-state index contributed by atoms with van der Waals surface area (Å²) in [6.07, 6.45) is 0. The van der Waals surface area contributed by atoms with Gasteiger partial charge in [-0.3, -0.25) is 0 Å². The van der Waals surface area contributed by atoms with Crippen molar-refractivity contribution >= 4 is 55.7 Å². The number of nitrogens with zero attached hydrogens (tertiary/aromatic N) is 2. The fraction of sp³-hybridized carbons (Fsp3) is 0. The van der Waals surface area contributed by atoms with Crippen LogP contribution in [-0.2, 0) is 0 Å². The van der Waals surface area contributed by atoms with Crippen LogP contribution in [0.15, 0.2) is 243 Å². The Labute approximate surface area is 340 Å². The third-order valence-electron chi connectivity index (χ3n) is 11.0. The molecule has 274 valence electrons. The van der Waals surface area contributed by atoms with Crippen molar-refractivity contribution in [1.29, 1.82) is 0 Å². The highest BCUT2D eigenvalue weighted by molar-refractivity contribution is 5.99. The van der Waals surface area contributed by atoms with E-state index in [-0.39, 0.29) is 0 Å². The summed E-state index contributed by atoms with van der Waals surface area (Å²) in [5, 5.41) is 4.94. The number of hydrogen-bond acceptors (Lipinski definition) is 2. The maximum atomic E-state index is 2.37.